The van der Waals surface area contributed by atoms with E-state index in [0.29, 0.717) is 41.3 Å². The first-order valence-electron chi connectivity index (χ1n) is 9.99. The van der Waals surface area contributed by atoms with Gasteiger partial charge in [-0.15, -0.1) is 0 Å². The second kappa shape index (κ2) is 9.78. The fourth-order valence-corrected chi connectivity index (χ4v) is 3.82. The van der Waals surface area contributed by atoms with Gasteiger partial charge < -0.3 is 23.6 Å². The highest BCUT2D eigenvalue weighted by molar-refractivity contribution is 7.98. The first-order valence-corrected chi connectivity index (χ1v) is 11.0. The average molecular weight is 454 g/mol. The monoisotopic (exact) mass is 453 g/mol. The molecule has 4 rings (SSSR count). The van der Waals surface area contributed by atoms with Crippen LogP contribution in [0.4, 0.5) is 0 Å². The third kappa shape index (κ3) is 5.05. The fraction of sp³-hybridized carbons (Fsp3) is 0.261. The molecule has 0 aliphatic rings. The van der Waals surface area contributed by atoms with Gasteiger partial charge in [0.2, 0.25) is 5.89 Å². The molecule has 1 amide bonds. The average Bonchev–Trinajstić information content (AvgIpc) is 3.44. The molecule has 4 aromatic rings. The highest BCUT2D eigenvalue weighted by Gasteiger charge is 2.14. The van der Waals surface area contributed by atoms with Gasteiger partial charge >= 0.3 is 0 Å². The van der Waals surface area contributed by atoms with Crippen molar-refractivity contribution in [2.45, 2.75) is 24.3 Å². The molecule has 0 bridgehead atoms. The van der Waals surface area contributed by atoms with Gasteiger partial charge in [-0.3, -0.25) is 4.79 Å². The second-order valence-electron chi connectivity index (χ2n) is 7.06. The van der Waals surface area contributed by atoms with E-state index in [1.165, 1.54) is 18.0 Å². The number of methoxy groups -OCH3 is 2. The quantitative estimate of drug-likeness (QED) is 0.372. The highest BCUT2D eigenvalue weighted by atomic mass is 32.2. The molecule has 0 saturated heterocycles. The molecule has 2 aromatic heterocycles. The van der Waals surface area contributed by atoms with E-state index in [-0.39, 0.29) is 11.6 Å². The number of benzene rings is 2. The van der Waals surface area contributed by atoms with Crippen molar-refractivity contribution in [1.82, 2.24) is 15.3 Å². The maximum atomic E-state index is 12.4. The predicted molar refractivity (Wildman–Crippen MR) is 120 cm³/mol. The van der Waals surface area contributed by atoms with Crippen LogP contribution in [-0.4, -0.2) is 36.6 Å². The smallest absolute Gasteiger partial charge is 0.273 e. The summed E-state index contributed by atoms with van der Waals surface area (Å²) >= 11 is 1.36. The minimum atomic E-state index is -0.289. The van der Waals surface area contributed by atoms with E-state index in [1.54, 1.807) is 14.2 Å². The Morgan fingerprint density at radius 2 is 1.94 bits per heavy atom. The number of carbonyl (C=O) groups is 1. The van der Waals surface area contributed by atoms with Crippen molar-refractivity contribution in [3.8, 4) is 11.5 Å². The van der Waals surface area contributed by atoms with Gasteiger partial charge in [0, 0.05) is 6.54 Å². The van der Waals surface area contributed by atoms with Crippen molar-refractivity contribution < 1.29 is 23.1 Å². The van der Waals surface area contributed by atoms with Crippen LogP contribution in [0.3, 0.4) is 0 Å². The van der Waals surface area contributed by atoms with E-state index in [9.17, 15) is 4.79 Å². The summed E-state index contributed by atoms with van der Waals surface area (Å²) in [5, 5.41) is 3.38. The number of fused-ring (bicyclic) bond motifs is 1. The molecule has 32 heavy (non-hydrogen) atoms. The van der Waals surface area contributed by atoms with E-state index < -0.39 is 0 Å². The highest BCUT2D eigenvalue weighted by Crippen LogP contribution is 2.28. The van der Waals surface area contributed by atoms with Crippen LogP contribution in [0.1, 0.15) is 27.5 Å². The van der Waals surface area contributed by atoms with Crippen LogP contribution in [0.15, 0.2) is 56.7 Å². The van der Waals surface area contributed by atoms with E-state index in [2.05, 4.69) is 15.3 Å². The molecule has 0 spiro atoms. The molecule has 2 heterocycles. The Kier molecular flexibility index (Phi) is 6.65. The molecule has 0 unspecified atom stereocenters. The number of amides is 1. The Morgan fingerprint density at radius 3 is 2.75 bits per heavy atom. The van der Waals surface area contributed by atoms with Crippen LogP contribution in [0.5, 0.6) is 11.5 Å². The number of hydrogen-bond donors (Lipinski definition) is 1. The lowest BCUT2D eigenvalue weighted by molar-refractivity contribution is 0.0949. The van der Waals surface area contributed by atoms with Gasteiger partial charge in [0.25, 0.3) is 11.1 Å². The third-order valence-electron chi connectivity index (χ3n) is 4.77. The summed E-state index contributed by atoms with van der Waals surface area (Å²) in [5.41, 5.74) is 3.93. The first kappa shape index (κ1) is 21.8. The predicted octanol–water partition coefficient (Wildman–Crippen LogP) is 4.41. The molecular formula is C23H23N3O5S. The summed E-state index contributed by atoms with van der Waals surface area (Å²) in [6, 6.07) is 11.5. The summed E-state index contributed by atoms with van der Waals surface area (Å²) in [5.74, 6) is 1.87. The zero-order chi connectivity index (χ0) is 22.5. The van der Waals surface area contributed by atoms with Crippen molar-refractivity contribution in [2.75, 3.05) is 20.8 Å². The van der Waals surface area contributed by atoms with Gasteiger partial charge in [-0.2, -0.15) is 0 Å². The fourth-order valence-electron chi connectivity index (χ4n) is 3.13. The number of aromatic nitrogens is 2. The lowest BCUT2D eigenvalue weighted by atomic mass is 10.1. The van der Waals surface area contributed by atoms with Crippen LogP contribution in [-0.2, 0) is 12.2 Å². The molecule has 8 nitrogen and oxygen atoms in total. The SMILES string of the molecule is COc1ccc(CCNC(=O)c2coc(CSc3nc4cc(C)ccc4o3)n2)cc1OC. The van der Waals surface area contributed by atoms with Crippen molar-refractivity contribution in [3.63, 3.8) is 0 Å². The number of hydrogen-bond acceptors (Lipinski definition) is 8. The summed E-state index contributed by atoms with van der Waals surface area (Å²) in [6.45, 7) is 2.46. The number of nitrogens with one attached hydrogen (secondary N) is 1. The number of carbonyl (C=O) groups excluding carboxylic acids is 1. The summed E-state index contributed by atoms with van der Waals surface area (Å²) in [4.78, 5) is 21.1. The molecule has 0 saturated carbocycles. The summed E-state index contributed by atoms with van der Waals surface area (Å²) < 4.78 is 21.7. The minimum absolute atomic E-state index is 0.237. The number of ether oxygens (including phenoxy) is 2. The van der Waals surface area contributed by atoms with E-state index >= 15 is 0 Å². The van der Waals surface area contributed by atoms with Gasteiger partial charge in [-0.05, 0) is 48.7 Å². The maximum absolute atomic E-state index is 12.4. The van der Waals surface area contributed by atoms with Crippen molar-refractivity contribution in [3.05, 3.63) is 65.4 Å². The van der Waals surface area contributed by atoms with E-state index in [0.717, 1.165) is 22.2 Å². The van der Waals surface area contributed by atoms with Crippen molar-refractivity contribution in [2.24, 2.45) is 0 Å². The van der Waals surface area contributed by atoms with Crippen molar-refractivity contribution >= 4 is 28.8 Å². The lowest BCUT2D eigenvalue weighted by Gasteiger charge is -2.09. The molecule has 0 fully saturated rings. The molecule has 0 radical (unpaired) electrons. The Balaban J connectivity index is 1.28. The first-order chi connectivity index (χ1) is 15.6. The Morgan fingerprint density at radius 1 is 1.09 bits per heavy atom. The van der Waals surface area contributed by atoms with Gasteiger partial charge in [0.05, 0.1) is 20.0 Å². The normalized spacial score (nSPS) is 11.0. The number of aryl methyl sites for hydroxylation is 1. The molecule has 9 heteroatoms. The molecule has 0 aliphatic heterocycles. The van der Waals surface area contributed by atoms with Gasteiger partial charge in [-0.1, -0.05) is 23.9 Å². The standard InChI is InChI=1S/C23H23N3O5S/c1-14-4-6-18-16(10-14)26-23(31-18)32-13-21-25-17(12-30-21)22(27)24-9-8-15-5-7-19(28-2)20(11-15)29-3/h4-7,10-12H,8-9,13H2,1-3H3,(H,24,27). The van der Waals surface area contributed by atoms with Crippen molar-refractivity contribution in [1.29, 1.82) is 0 Å². The Hall–Kier alpha value is -3.46. The minimum Gasteiger partial charge on any atom is -0.493 e. The molecule has 166 valence electrons. The number of oxazole rings is 2. The van der Waals surface area contributed by atoms with E-state index in [1.807, 2.05) is 43.3 Å². The second-order valence-corrected chi connectivity index (χ2v) is 7.99. The third-order valence-corrected chi connectivity index (χ3v) is 5.59. The zero-order valence-electron chi connectivity index (χ0n) is 18.0. The van der Waals surface area contributed by atoms with Crippen LogP contribution >= 0.6 is 11.8 Å². The molecule has 0 aliphatic carbocycles. The molecular weight excluding hydrogens is 430 g/mol. The summed E-state index contributed by atoms with van der Waals surface area (Å²) in [6.07, 6.45) is 2.00. The largest absolute Gasteiger partial charge is 0.493 e. The molecule has 2 aromatic carbocycles. The van der Waals surface area contributed by atoms with Gasteiger partial charge in [0.15, 0.2) is 22.8 Å². The van der Waals surface area contributed by atoms with Crippen LogP contribution in [0, 0.1) is 6.92 Å². The van der Waals surface area contributed by atoms with Crippen LogP contribution < -0.4 is 14.8 Å². The Labute approximate surface area is 189 Å². The van der Waals surface area contributed by atoms with E-state index in [4.69, 9.17) is 18.3 Å². The van der Waals surface area contributed by atoms with Gasteiger partial charge in [-0.25, -0.2) is 9.97 Å². The molecule has 1 N–H and O–H groups in total. The number of thioether (sulfide) groups is 1. The summed E-state index contributed by atoms with van der Waals surface area (Å²) in [7, 11) is 3.19. The Bertz CT molecular complexity index is 1230. The van der Waals surface area contributed by atoms with Gasteiger partial charge in [0.1, 0.15) is 11.8 Å². The lowest BCUT2D eigenvalue weighted by Crippen LogP contribution is -2.26. The van der Waals surface area contributed by atoms with Crippen LogP contribution in [0.2, 0.25) is 0 Å². The molecule has 0 atom stereocenters. The number of nitrogens with zero attached hydrogens (tertiary/aromatic N) is 2. The van der Waals surface area contributed by atoms with Crippen LogP contribution in [0.25, 0.3) is 11.1 Å². The topological polar surface area (TPSA) is 99.6 Å². The maximum Gasteiger partial charge on any atom is 0.273 e. The zero-order valence-corrected chi connectivity index (χ0v) is 18.8. The number of rotatable bonds is 9.